The van der Waals surface area contributed by atoms with Crippen molar-refractivity contribution in [2.75, 3.05) is 39.9 Å². The molecule has 0 unspecified atom stereocenters. The molecule has 0 aliphatic carbocycles. The first-order valence-corrected chi connectivity index (χ1v) is 7.13. The van der Waals surface area contributed by atoms with Crippen LogP contribution in [0.25, 0.3) is 0 Å². The van der Waals surface area contributed by atoms with Gasteiger partial charge in [0, 0.05) is 38.2 Å². The third-order valence-electron chi connectivity index (χ3n) is 3.69. The number of rotatable bonds is 6. The van der Waals surface area contributed by atoms with Crippen molar-refractivity contribution in [3.8, 4) is 0 Å². The lowest BCUT2D eigenvalue weighted by Gasteiger charge is -2.37. The molecule has 0 radical (unpaired) electrons. The molecule has 106 valence electrons. The Bertz CT molecular complexity index is 248. The molecule has 1 fully saturated rings. The molecule has 1 amide bonds. The van der Waals surface area contributed by atoms with Crippen molar-refractivity contribution in [2.45, 2.75) is 39.7 Å². The first-order chi connectivity index (χ1) is 8.56. The van der Waals surface area contributed by atoms with Crippen LogP contribution in [0, 0.1) is 5.92 Å². The highest BCUT2D eigenvalue weighted by atomic mass is 16.5. The largest absolute Gasteiger partial charge is 0.380 e. The minimum absolute atomic E-state index is 0.122. The zero-order valence-corrected chi connectivity index (χ0v) is 12.3. The number of likely N-dealkylation sites (tertiary alicyclic amines) is 1. The summed E-state index contributed by atoms with van der Waals surface area (Å²) in [4.78, 5) is 16.3. The predicted molar refractivity (Wildman–Crippen MR) is 73.6 cm³/mol. The minimum Gasteiger partial charge on any atom is -0.380 e. The third-order valence-corrected chi connectivity index (χ3v) is 3.69. The molecule has 1 heterocycles. The number of ether oxygens (including phenoxy) is 1. The number of amides is 1. The predicted octanol–water partition coefficient (Wildman–Crippen LogP) is 1.60. The van der Waals surface area contributed by atoms with Gasteiger partial charge in [0.1, 0.15) is 0 Å². The smallest absolute Gasteiger partial charge is 0.225 e. The highest BCUT2D eigenvalue weighted by molar-refractivity contribution is 5.78. The zero-order chi connectivity index (χ0) is 13.5. The highest BCUT2D eigenvalue weighted by Gasteiger charge is 2.25. The molecule has 0 aromatic rings. The van der Waals surface area contributed by atoms with Crippen LogP contribution >= 0.6 is 0 Å². The molecule has 4 heteroatoms. The maximum absolute atomic E-state index is 11.9. The van der Waals surface area contributed by atoms with Crippen molar-refractivity contribution in [1.29, 1.82) is 0 Å². The van der Waals surface area contributed by atoms with Crippen molar-refractivity contribution in [1.82, 2.24) is 9.80 Å². The van der Waals surface area contributed by atoms with Crippen LogP contribution in [0.1, 0.15) is 33.6 Å². The van der Waals surface area contributed by atoms with Gasteiger partial charge in [-0.15, -0.1) is 0 Å². The van der Waals surface area contributed by atoms with E-state index in [9.17, 15) is 4.79 Å². The fourth-order valence-electron chi connectivity index (χ4n) is 2.43. The van der Waals surface area contributed by atoms with E-state index in [4.69, 9.17) is 4.74 Å². The van der Waals surface area contributed by atoms with Crippen LogP contribution < -0.4 is 0 Å². The second-order valence-corrected chi connectivity index (χ2v) is 5.39. The molecule has 1 rings (SSSR count). The Kier molecular flexibility index (Phi) is 6.65. The highest BCUT2D eigenvalue weighted by Crippen LogP contribution is 2.17. The van der Waals surface area contributed by atoms with Crippen LogP contribution in [-0.4, -0.2) is 61.6 Å². The van der Waals surface area contributed by atoms with E-state index in [0.29, 0.717) is 11.9 Å². The fraction of sp³-hybridized carbons (Fsp3) is 0.929. The second kappa shape index (κ2) is 7.74. The zero-order valence-electron chi connectivity index (χ0n) is 12.3. The summed E-state index contributed by atoms with van der Waals surface area (Å²) in [5.41, 5.74) is 0. The summed E-state index contributed by atoms with van der Waals surface area (Å²) in [5, 5.41) is 0. The van der Waals surface area contributed by atoms with E-state index in [1.807, 2.05) is 25.7 Å². The van der Waals surface area contributed by atoms with Gasteiger partial charge < -0.3 is 14.5 Å². The Balaban J connectivity index is 2.28. The number of carbonyl (C=O) groups is 1. The first kappa shape index (κ1) is 15.4. The van der Waals surface area contributed by atoms with Crippen molar-refractivity contribution >= 4 is 5.91 Å². The van der Waals surface area contributed by atoms with Gasteiger partial charge in [0.05, 0.1) is 6.61 Å². The normalized spacial score (nSPS) is 17.8. The van der Waals surface area contributed by atoms with Crippen LogP contribution in [0.4, 0.5) is 0 Å². The Morgan fingerprint density at radius 2 is 2.00 bits per heavy atom. The van der Waals surface area contributed by atoms with Gasteiger partial charge in [-0.05, 0) is 26.8 Å². The number of likely N-dealkylation sites (N-methyl/N-ethyl adjacent to an activating group) is 1. The van der Waals surface area contributed by atoms with E-state index >= 15 is 0 Å². The lowest BCUT2D eigenvalue weighted by Crippen LogP contribution is -2.47. The molecule has 0 saturated carbocycles. The number of nitrogens with zero attached hydrogens (tertiary/aromatic N) is 2. The Hall–Kier alpha value is -0.610. The molecule has 0 N–H and O–H groups in total. The van der Waals surface area contributed by atoms with Gasteiger partial charge in [-0.2, -0.15) is 0 Å². The van der Waals surface area contributed by atoms with E-state index in [2.05, 4.69) is 11.9 Å². The Labute approximate surface area is 111 Å². The fourth-order valence-corrected chi connectivity index (χ4v) is 2.43. The summed E-state index contributed by atoms with van der Waals surface area (Å²) < 4.78 is 5.38. The molecule has 0 bridgehead atoms. The van der Waals surface area contributed by atoms with Gasteiger partial charge >= 0.3 is 0 Å². The first-order valence-electron chi connectivity index (χ1n) is 7.13. The molecule has 0 atom stereocenters. The molecule has 4 nitrogen and oxygen atoms in total. The summed E-state index contributed by atoms with van der Waals surface area (Å²) in [5.74, 6) is 0.419. The molecule has 0 aromatic carbocycles. The van der Waals surface area contributed by atoms with Crippen molar-refractivity contribution < 1.29 is 9.53 Å². The summed E-state index contributed by atoms with van der Waals surface area (Å²) >= 11 is 0. The quantitative estimate of drug-likeness (QED) is 0.677. The topological polar surface area (TPSA) is 32.8 Å². The number of hydrogen-bond donors (Lipinski definition) is 0. The molecule has 1 aliphatic heterocycles. The van der Waals surface area contributed by atoms with Gasteiger partial charge in [0.2, 0.25) is 5.91 Å². The Morgan fingerprint density at radius 3 is 2.50 bits per heavy atom. The summed E-state index contributed by atoms with van der Waals surface area (Å²) in [6, 6.07) is 0.599. The van der Waals surface area contributed by atoms with Gasteiger partial charge in [-0.25, -0.2) is 0 Å². The van der Waals surface area contributed by atoms with Crippen LogP contribution in [-0.2, 0) is 9.53 Å². The monoisotopic (exact) mass is 256 g/mol. The molecule has 0 aromatic heterocycles. The molecular weight excluding hydrogens is 228 g/mol. The van der Waals surface area contributed by atoms with Crippen molar-refractivity contribution in [3.05, 3.63) is 0 Å². The summed E-state index contributed by atoms with van der Waals surface area (Å²) in [7, 11) is 2.16. The van der Waals surface area contributed by atoms with E-state index in [0.717, 1.165) is 45.7 Å². The van der Waals surface area contributed by atoms with Crippen LogP contribution in [0.3, 0.4) is 0 Å². The lowest BCUT2D eigenvalue weighted by molar-refractivity contribution is -0.136. The lowest BCUT2D eigenvalue weighted by atomic mass is 10.0. The Morgan fingerprint density at radius 1 is 1.39 bits per heavy atom. The molecule has 0 spiro atoms. The van der Waals surface area contributed by atoms with Crippen molar-refractivity contribution in [3.63, 3.8) is 0 Å². The van der Waals surface area contributed by atoms with Gasteiger partial charge in [0.15, 0.2) is 0 Å². The maximum Gasteiger partial charge on any atom is 0.225 e. The average molecular weight is 256 g/mol. The second-order valence-electron chi connectivity index (χ2n) is 5.39. The van der Waals surface area contributed by atoms with Gasteiger partial charge in [-0.1, -0.05) is 13.8 Å². The van der Waals surface area contributed by atoms with E-state index in [1.54, 1.807) is 0 Å². The van der Waals surface area contributed by atoms with E-state index in [1.165, 1.54) is 0 Å². The van der Waals surface area contributed by atoms with Crippen LogP contribution in [0.2, 0.25) is 0 Å². The minimum atomic E-state index is 0.122. The van der Waals surface area contributed by atoms with Crippen LogP contribution in [0.5, 0.6) is 0 Å². The summed E-state index contributed by atoms with van der Waals surface area (Å²) in [6.45, 7) is 10.4. The SMILES string of the molecule is CCOCCN(C)C1CCN(C(=O)C(C)C)CC1. The standard InChI is InChI=1S/C14H28N2O2/c1-5-18-11-10-15(4)13-6-8-16(9-7-13)14(17)12(2)3/h12-13H,5-11H2,1-4H3. The van der Waals surface area contributed by atoms with Crippen molar-refractivity contribution in [2.24, 2.45) is 5.92 Å². The number of hydrogen-bond acceptors (Lipinski definition) is 3. The average Bonchev–Trinajstić information content (AvgIpc) is 2.38. The molecular formula is C14H28N2O2. The summed E-state index contributed by atoms with van der Waals surface area (Å²) in [6.07, 6.45) is 2.17. The number of carbonyl (C=O) groups excluding carboxylic acids is 1. The molecule has 1 aliphatic rings. The van der Waals surface area contributed by atoms with Gasteiger partial charge in [0.25, 0.3) is 0 Å². The molecule has 1 saturated heterocycles. The van der Waals surface area contributed by atoms with E-state index < -0.39 is 0 Å². The molecule has 18 heavy (non-hydrogen) atoms. The van der Waals surface area contributed by atoms with Crippen LogP contribution in [0.15, 0.2) is 0 Å². The number of piperidine rings is 1. The maximum atomic E-state index is 11.9. The van der Waals surface area contributed by atoms with E-state index in [-0.39, 0.29) is 5.92 Å². The van der Waals surface area contributed by atoms with Gasteiger partial charge in [-0.3, -0.25) is 4.79 Å². The third kappa shape index (κ3) is 4.58.